The number of anilines is 1. The predicted octanol–water partition coefficient (Wildman–Crippen LogP) is 2.76. The van der Waals surface area contributed by atoms with E-state index in [0.29, 0.717) is 12.2 Å². The van der Waals surface area contributed by atoms with Gasteiger partial charge in [0.15, 0.2) is 0 Å². The third-order valence-corrected chi connectivity index (χ3v) is 2.95. The molecule has 1 N–H and O–H groups in total. The molecular weight excluding hydrogens is 300 g/mol. The number of hydrogen-bond acceptors (Lipinski definition) is 5. The van der Waals surface area contributed by atoms with Gasteiger partial charge >= 0.3 is 0 Å². The Balaban J connectivity index is 2.14. The second-order valence-electron chi connectivity index (χ2n) is 3.52. The molecule has 0 saturated carbocycles. The molecule has 0 saturated heterocycles. The van der Waals surface area contributed by atoms with E-state index >= 15 is 0 Å². The van der Waals surface area contributed by atoms with Gasteiger partial charge in [-0.2, -0.15) is 0 Å². The minimum absolute atomic E-state index is 0.0463. The smallest absolute Gasteiger partial charge is 0.271 e. The Morgan fingerprint density at radius 3 is 2.72 bits per heavy atom. The first-order valence-electron chi connectivity index (χ1n) is 5.08. The van der Waals surface area contributed by atoms with Gasteiger partial charge in [0.1, 0.15) is 6.33 Å². The van der Waals surface area contributed by atoms with Crippen molar-refractivity contribution in [1.29, 1.82) is 0 Å². The monoisotopic (exact) mass is 308 g/mol. The van der Waals surface area contributed by atoms with Crippen molar-refractivity contribution in [3.05, 3.63) is 57.1 Å². The van der Waals surface area contributed by atoms with Crippen molar-refractivity contribution in [2.75, 3.05) is 5.32 Å². The molecule has 0 amide bonds. The molecule has 7 heteroatoms. The van der Waals surface area contributed by atoms with Crippen LogP contribution < -0.4 is 5.32 Å². The number of nitrogens with one attached hydrogen (secondary N) is 1. The van der Waals surface area contributed by atoms with Gasteiger partial charge in [-0.05, 0) is 22.0 Å². The van der Waals surface area contributed by atoms with Gasteiger partial charge in [0, 0.05) is 41.1 Å². The third-order valence-electron chi connectivity index (χ3n) is 2.26. The fourth-order valence-electron chi connectivity index (χ4n) is 1.38. The van der Waals surface area contributed by atoms with Crippen LogP contribution in [0.1, 0.15) is 5.56 Å². The van der Waals surface area contributed by atoms with E-state index in [4.69, 9.17) is 0 Å². The van der Waals surface area contributed by atoms with Crippen molar-refractivity contribution in [3.8, 4) is 0 Å². The van der Waals surface area contributed by atoms with Gasteiger partial charge in [0.05, 0.1) is 10.6 Å². The fourth-order valence-corrected chi connectivity index (χ4v) is 1.77. The summed E-state index contributed by atoms with van der Waals surface area (Å²) < 4.78 is 0.768. The van der Waals surface area contributed by atoms with Gasteiger partial charge in [-0.15, -0.1) is 0 Å². The minimum Gasteiger partial charge on any atom is -0.380 e. The second kappa shape index (κ2) is 5.54. The molecule has 0 aliphatic carbocycles. The van der Waals surface area contributed by atoms with Crippen LogP contribution in [0.4, 0.5) is 11.4 Å². The van der Waals surface area contributed by atoms with Crippen molar-refractivity contribution in [3.63, 3.8) is 0 Å². The summed E-state index contributed by atoms with van der Waals surface area (Å²) in [6.45, 7) is 0.501. The van der Waals surface area contributed by atoms with Gasteiger partial charge in [0.25, 0.3) is 5.69 Å². The van der Waals surface area contributed by atoms with E-state index in [1.54, 1.807) is 18.5 Å². The molecule has 0 aliphatic rings. The number of hydrogen-bond donors (Lipinski definition) is 1. The van der Waals surface area contributed by atoms with Crippen LogP contribution >= 0.6 is 15.9 Å². The molecule has 18 heavy (non-hydrogen) atoms. The number of nitrogens with zero attached hydrogens (tertiary/aromatic N) is 3. The van der Waals surface area contributed by atoms with Crippen molar-refractivity contribution in [1.82, 2.24) is 9.97 Å². The van der Waals surface area contributed by atoms with Gasteiger partial charge in [-0.25, -0.2) is 9.97 Å². The maximum Gasteiger partial charge on any atom is 0.271 e. The van der Waals surface area contributed by atoms with Crippen molar-refractivity contribution in [2.24, 2.45) is 0 Å². The first-order chi connectivity index (χ1) is 8.66. The van der Waals surface area contributed by atoms with Crippen molar-refractivity contribution >= 4 is 27.3 Å². The Bertz CT molecular complexity index is 562. The zero-order chi connectivity index (χ0) is 13.0. The molecule has 0 aliphatic heterocycles. The van der Waals surface area contributed by atoms with E-state index < -0.39 is 4.92 Å². The summed E-state index contributed by atoms with van der Waals surface area (Å²) in [7, 11) is 0. The highest BCUT2D eigenvalue weighted by atomic mass is 79.9. The standard InChI is InChI=1S/C11H9BrN4O2/c12-10-2-1-9(16(17)18)3-11(10)15-6-8-4-13-7-14-5-8/h1-5,7,15H,6H2. The molecule has 6 nitrogen and oxygen atoms in total. The number of rotatable bonds is 4. The average molecular weight is 309 g/mol. The number of benzene rings is 1. The third kappa shape index (κ3) is 3.01. The van der Waals surface area contributed by atoms with Crippen LogP contribution in [-0.2, 0) is 6.54 Å². The van der Waals surface area contributed by atoms with Gasteiger partial charge in [-0.3, -0.25) is 10.1 Å². The molecule has 1 aromatic heterocycles. The number of nitro benzene ring substituents is 1. The van der Waals surface area contributed by atoms with Crippen molar-refractivity contribution < 1.29 is 4.92 Å². The summed E-state index contributed by atoms with van der Waals surface area (Å²) in [6, 6.07) is 4.57. The minimum atomic E-state index is -0.427. The molecule has 92 valence electrons. The number of non-ortho nitro benzene ring substituents is 1. The maximum absolute atomic E-state index is 10.7. The largest absolute Gasteiger partial charge is 0.380 e. The normalized spacial score (nSPS) is 10.1. The van der Waals surface area contributed by atoms with Gasteiger partial charge in [-0.1, -0.05) is 0 Å². The molecule has 1 aromatic carbocycles. The zero-order valence-electron chi connectivity index (χ0n) is 9.21. The first-order valence-corrected chi connectivity index (χ1v) is 5.88. The highest BCUT2D eigenvalue weighted by Gasteiger charge is 2.09. The van der Waals surface area contributed by atoms with Crippen LogP contribution in [-0.4, -0.2) is 14.9 Å². The highest BCUT2D eigenvalue weighted by Crippen LogP contribution is 2.27. The van der Waals surface area contributed by atoms with E-state index in [0.717, 1.165) is 10.0 Å². The van der Waals surface area contributed by atoms with Gasteiger partial charge < -0.3 is 5.32 Å². The summed E-state index contributed by atoms with van der Waals surface area (Å²) in [5, 5.41) is 13.8. The van der Waals surface area contributed by atoms with Crippen molar-refractivity contribution in [2.45, 2.75) is 6.54 Å². The Labute approximate surface area is 111 Å². The molecule has 0 fully saturated rings. The zero-order valence-corrected chi connectivity index (χ0v) is 10.8. The molecule has 0 radical (unpaired) electrons. The lowest BCUT2D eigenvalue weighted by atomic mass is 10.2. The average Bonchev–Trinajstić information content (AvgIpc) is 2.38. The van der Waals surface area contributed by atoms with Crippen LogP contribution in [0.15, 0.2) is 41.4 Å². The number of halogens is 1. The molecule has 2 rings (SSSR count). The van der Waals surface area contributed by atoms with E-state index in [1.807, 2.05) is 0 Å². The Kier molecular flexibility index (Phi) is 3.83. The van der Waals surface area contributed by atoms with Crippen LogP contribution in [0.25, 0.3) is 0 Å². The first kappa shape index (κ1) is 12.4. The van der Waals surface area contributed by atoms with Crippen LogP contribution in [0.3, 0.4) is 0 Å². The predicted molar refractivity (Wildman–Crippen MR) is 70.2 cm³/mol. The topological polar surface area (TPSA) is 81.0 Å². The lowest BCUT2D eigenvalue weighted by molar-refractivity contribution is -0.384. The van der Waals surface area contributed by atoms with E-state index in [2.05, 4.69) is 31.2 Å². The molecule has 0 unspecified atom stereocenters. The SMILES string of the molecule is O=[N+]([O-])c1ccc(Br)c(NCc2cncnc2)c1. The fraction of sp³-hybridized carbons (Fsp3) is 0.0909. The Morgan fingerprint density at radius 1 is 1.33 bits per heavy atom. The molecule has 2 aromatic rings. The van der Waals surface area contributed by atoms with E-state index in [9.17, 15) is 10.1 Å². The summed E-state index contributed by atoms with van der Waals surface area (Å²) in [5.41, 5.74) is 1.61. The second-order valence-corrected chi connectivity index (χ2v) is 4.38. The van der Waals surface area contributed by atoms with Crippen LogP contribution in [0.5, 0.6) is 0 Å². The Morgan fingerprint density at radius 2 is 2.06 bits per heavy atom. The summed E-state index contributed by atoms with van der Waals surface area (Å²) in [6.07, 6.45) is 4.82. The lowest BCUT2D eigenvalue weighted by Gasteiger charge is -2.07. The van der Waals surface area contributed by atoms with Gasteiger partial charge in [0.2, 0.25) is 0 Å². The molecule has 0 spiro atoms. The van der Waals surface area contributed by atoms with E-state index in [1.165, 1.54) is 18.5 Å². The van der Waals surface area contributed by atoms with Crippen LogP contribution in [0, 0.1) is 10.1 Å². The quantitative estimate of drug-likeness (QED) is 0.694. The summed E-state index contributed by atoms with van der Waals surface area (Å²) in [4.78, 5) is 18.0. The lowest BCUT2D eigenvalue weighted by Crippen LogP contribution is -2.01. The van der Waals surface area contributed by atoms with Crippen LogP contribution in [0.2, 0.25) is 0 Å². The molecular formula is C11H9BrN4O2. The summed E-state index contributed by atoms with van der Waals surface area (Å²) >= 11 is 3.34. The number of aromatic nitrogens is 2. The Hall–Kier alpha value is -2.02. The maximum atomic E-state index is 10.7. The summed E-state index contributed by atoms with van der Waals surface area (Å²) in [5.74, 6) is 0. The van der Waals surface area contributed by atoms with E-state index in [-0.39, 0.29) is 5.69 Å². The molecule has 1 heterocycles. The molecule has 0 bridgehead atoms. The number of nitro groups is 1. The highest BCUT2D eigenvalue weighted by molar-refractivity contribution is 9.10. The molecule has 0 atom stereocenters.